The fraction of sp³-hybridized carbons (Fsp3) is 0.600. The van der Waals surface area contributed by atoms with E-state index in [0.717, 1.165) is 13.2 Å². The molecule has 2 aliphatic heterocycles. The Balaban J connectivity index is 0.0000000907. The standard InChI is InChI=1S/C3H4O2.C2H4O/c1-2-5-3-4-1;1-2-3-1/h1-2H,3H2;1-2H2. The molecular formula is C5H8O3. The lowest BCUT2D eigenvalue weighted by molar-refractivity contribution is 0.0920. The summed E-state index contributed by atoms with van der Waals surface area (Å²) in [7, 11) is 0. The van der Waals surface area contributed by atoms with Crippen molar-refractivity contribution in [3.8, 4) is 0 Å². The molecule has 0 aromatic heterocycles. The van der Waals surface area contributed by atoms with Gasteiger partial charge >= 0.3 is 0 Å². The molecule has 0 atom stereocenters. The molecule has 2 rings (SSSR count). The van der Waals surface area contributed by atoms with Crippen LogP contribution in [0.1, 0.15) is 0 Å². The highest BCUT2D eigenvalue weighted by molar-refractivity contribution is 4.63. The van der Waals surface area contributed by atoms with E-state index in [1.807, 2.05) is 0 Å². The third-order valence-corrected chi connectivity index (χ3v) is 0.588. The Morgan fingerprint density at radius 2 is 1.50 bits per heavy atom. The first kappa shape index (κ1) is 5.44. The minimum absolute atomic E-state index is 0.389. The first-order valence-electron chi connectivity index (χ1n) is 2.46. The average Bonchev–Trinajstić information content (AvgIpc) is 2.55. The summed E-state index contributed by atoms with van der Waals surface area (Å²) < 4.78 is 13.6. The second-order valence-corrected chi connectivity index (χ2v) is 1.34. The summed E-state index contributed by atoms with van der Waals surface area (Å²) in [6.45, 7) is 2.39. The van der Waals surface area contributed by atoms with Gasteiger partial charge in [-0.15, -0.1) is 0 Å². The molecule has 0 radical (unpaired) electrons. The molecule has 0 aromatic carbocycles. The predicted molar refractivity (Wildman–Crippen MR) is 27.0 cm³/mol. The molecule has 8 heavy (non-hydrogen) atoms. The Hall–Kier alpha value is -0.700. The Morgan fingerprint density at radius 3 is 1.62 bits per heavy atom. The summed E-state index contributed by atoms with van der Waals surface area (Å²) in [6.07, 6.45) is 3.03. The summed E-state index contributed by atoms with van der Waals surface area (Å²) in [5.41, 5.74) is 0. The van der Waals surface area contributed by atoms with Crippen molar-refractivity contribution >= 4 is 0 Å². The maximum Gasteiger partial charge on any atom is 0.229 e. The van der Waals surface area contributed by atoms with Crippen LogP contribution in [0.2, 0.25) is 0 Å². The largest absolute Gasteiger partial charge is 0.462 e. The molecule has 0 unspecified atom stereocenters. The van der Waals surface area contributed by atoms with Crippen molar-refractivity contribution in [2.75, 3.05) is 20.0 Å². The molecule has 1 saturated heterocycles. The Bertz CT molecular complexity index is 69.0. The van der Waals surface area contributed by atoms with E-state index in [4.69, 9.17) is 0 Å². The van der Waals surface area contributed by atoms with Gasteiger partial charge < -0.3 is 14.2 Å². The summed E-state index contributed by atoms with van der Waals surface area (Å²) in [4.78, 5) is 0. The lowest BCUT2D eigenvalue weighted by Gasteiger charge is -1.82. The number of ether oxygens (including phenoxy) is 3. The zero-order chi connectivity index (χ0) is 5.66. The molecule has 0 amide bonds. The van der Waals surface area contributed by atoms with Crippen molar-refractivity contribution < 1.29 is 14.2 Å². The van der Waals surface area contributed by atoms with E-state index in [0.29, 0.717) is 6.79 Å². The van der Waals surface area contributed by atoms with Crippen molar-refractivity contribution in [3.63, 3.8) is 0 Å². The fourth-order valence-electron chi connectivity index (χ4n) is 0.196. The smallest absolute Gasteiger partial charge is 0.229 e. The van der Waals surface area contributed by atoms with Gasteiger partial charge in [0.05, 0.1) is 13.2 Å². The summed E-state index contributed by atoms with van der Waals surface area (Å²) in [5.74, 6) is 0. The van der Waals surface area contributed by atoms with E-state index in [1.165, 1.54) is 12.5 Å². The van der Waals surface area contributed by atoms with Gasteiger partial charge in [0, 0.05) is 0 Å². The topological polar surface area (TPSA) is 31.0 Å². The van der Waals surface area contributed by atoms with Crippen molar-refractivity contribution in [2.24, 2.45) is 0 Å². The van der Waals surface area contributed by atoms with E-state index in [1.54, 1.807) is 0 Å². The number of hydrogen-bond acceptors (Lipinski definition) is 3. The summed E-state index contributed by atoms with van der Waals surface area (Å²) in [6, 6.07) is 0. The van der Waals surface area contributed by atoms with Crippen molar-refractivity contribution in [3.05, 3.63) is 12.5 Å². The second kappa shape index (κ2) is 3.32. The molecule has 0 N–H and O–H groups in total. The lowest BCUT2D eigenvalue weighted by atomic mass is 11.0. The molecule has 0 aliphatic carbocycles. The fourth-order valence-corrected chi connectivity index (χ4v) is 0.196. The maximum absolute atomic E-state index is 4.54. The van der Waals surface area contributed by atoms with Crippen LogP contribution in [-0.4, -0.2) is 20.0 Å². The van der Waals surface area contributed by atoms with Crippen molar-refractivity contribution in [1.29, 1.82) is 0 Å². The van der Waals surface area contributed by atoms with Gasteiger partial charge in [0.2, 0.25) is 6.79 Å². The van der Waals surface area contributed by atoms with E-state index < -0.39 is 0 Å². The predicted octanol–water partition coefficient (Wildman–Crippen LogP) is 0.478. The highest BCUT2D eigenvalue weighted by Gasteiger charge is 1.94. The molecule has 46 valence electrons. The molecular weight excluding hydrogens is 108 g/mol. The average molecular weight is 116 g/mol. The van der Waals surface area contributed by atoms with Gasteiger partial charge in [0.1, 0.15) is 12.5 Å². The zero-order valence-electron chi connectivity index (χ0n) is 4.50. The Kier molecular flexibility index (Phi) is 2.26. The Morgan fingerprint density at radius 1 is 1.00 bits per heavy atom. The van der Waals surface area contributed by atoms with E-state index in [9.17, 15) is 0 Å². The van der Waals surface area contributed by atoms with Crippen LogP contribution in [0.4, 0.5) is 0 Å². The first-order chi connectivity index (χ1) is 4.00. The van der Waals surface area contributed by atoms with E-state index in [-0.39, 0.29) is 0 Å². The minimum atomic E-state index is 0.389. The van der Waals surface area contributed by atoms with Crippen LogP contribution >= 0.6 is 0 Å². The second-order valence-electron chi connectivity index (χ2n) is 1.34. The molecule has 3 heteroatoms. The molecule has 0 saturated carbocycles. The molecule has 0 spiro atoms. The van der Waals surface area contributed by atoms with Crippen molar-refractivity contribution in [2.45, 2.75) is 0 Å². The van der Waals surface area contributed by atoms with Crippen LogP contribution in [0.25, 0.3) is 0 Å². The van der Waals surface area contributed by atoms with Gasteiger partial charge in [-0.05, 0) is 0 Å². The molecule has 2 aliphatic rings. The van der Waals surface area contributed by atoms with Gasteiger partial charge in [-0.3, -0.25) is 0 Å². The molecule has 3 nitrogen and oxygen atoms in total. The van der Waals surface area contributed by atoms with Gasteiger partial charge in [0.25, 0.3) is 0 Å². The van der Waals surface area contributed by atoms with Gasteiger partial charge in [0.15, 0.2) is 0 Å². The normalized spacial score (nSPS) is 20.0. The highest BCUT2D eigenvalue weighted by Crippen LogP contribution is 1.88. The van der Waals surface area contributed by atoms with E-state index >= 15 is 0 Å². The van der Waals surface area contributed by atoms with Crippen molar-refractivity contribution in [1.82, 2.24) is 0 Å². The van der Waals surface area contributed by atoms with E-state index in [2.05, 4.69) is 14.2 Å². The van der Waals surface area contributed by atoms with Crippen LogP contribution in [0.3, 0.4) is 0 Å². The lowest BCUT2D eigenvalue weighted by Crippen LogP contribution is -1.75. The van der Waals surface area contributed by atoms with Crippen LogP contribution in [-0.2, 0) is 14.2 Å². The molecule has 1 fully saturated rings. The number of hydrogen-bond donors (Lipinski definition) is 0. The van der Waals surface area contributed by atoms with Gasteiger partial charge in [-0.1, -0.05) is 0 Å². The quantitative estimate of drug-likeness (QED) is 0.431. The number of epoxide rings is 1. The minimum Gasteiger partial charge on any atom is -0.462 e. The monoisotopic (exact) mass is 116 g/mol. The summed E-state index contributed by atoms with van der Waals surface area (Å²) >= 11 is 0. The van der Waals surface area contributed by atoms with Gasteiger partial charge in [-0.2, -0.15) is 0 Å². The molecule has 2 heterocycles. The highest BCUT2D eigenvalue weighted by atomic mass is 16.7. The Labute approximate surface area is 47.8 Å². The molecule has 0 aromatic rings. The van der Waals surface area contributed by atoms with Crippen LogP contribution in [0, 0.1) is 0 Å². The van der Waals surface area contributed by atoms with Crippen LogP contribution in [0.15, 0.2) is 12.5 Å². The zero-order valence-corrected chi connectivity index (χ0v) is 4.50. The third kappa shape index (κ3) is 3.49. The third-order valence-electron chi connectivity index (χ3n) is 0.588. The first-order valence-corrected chi connectivity index (χ1v) is 2.46. The van der Waals surface area contributed by atoms with Crippen LogP contribution < -0.4 is 0 Å². The summed E-state index contributed by atoms with van der Waals surface area (Å²) in [5, 5.41) is 0. The molecule has 0 bridgehead atoms. The number of rotatable bonds is 0. The van der Waals surface area contributed by atoms with Crippen LogP contribution in [0.5, 0.6) is 0 Å². The SMILES string of the molecule is C1=COCO1.C1CO1. The van der Waals surface area contributed by atoms with Gasteiger partial charge in [-0.25, -0.2) is 0 Å². The maximum atomic E-state index is 4.54.